The minimum Gasteiger partial charge on any atom is -0.390 e. The van der Waals surface area contributed by atoms with Gasteiger partial charge in [-0.25, -0.2) is 4.39 Å². The van der Waals surface area contributed by atoms with E-state index < -0.39 is 5.60 Å². The molecule has 94 valence electrons. The maximum atomic E-state index is 12.9. The highest BCUT2D eigenvalue weighted by molar-refractivity contribution is 14.1. The Morgan fingerprint density at radius 2 is 2.06 bits per heavy atom. The van der Waals surface area contributed by atoms with E-state index >= 15 is 0 Å². The number of ether oxygens (including phenoxy) is 1. The Bertz CT molecular complexity index is 378. The summed E-state index contributed by atoms with van der Waals surface area (Å²) in [6.45, 7) is 1.84. The molecule has 2 nitrogen and oxygen atoms in total. The van der Waals surface area contributed by atoms with Gasteiger partial charge >= 0.3 is 0 Å². The zero-order valence-electron chi connectivity index (χ0n) is 9.70. The zero-order chi connectivity index (χ0) is 12.5. The van der Waals surface area contributed by atoms with Gasteiger partial charge in [-0.1, -0.05) is 34.7 Å². The Kier molecular flexibility index (Phi) is 4.05. The molecule has 17 heavy (non-hydrogen) atoms. The van der Waals surface area contributed by atoms with E-state index in [1.807, 2.05) is 6.92 Å². The van der Waals surface area contributed by atoms with Crippen molar-refractivity contribution in [2.45, 2.75) is 37.6 Å². The summed E-state index contributed by atoms with van der Waals surface area (Å²) in [6, 6.07) is 6.32. The quantitative estimate of drug-likeness (QED) is 0.656. The van der Waals surface area contributed by atoms with Crippen LogP contribution in [0.4, 0.5) is 4.39 Å². The highest BCUT2D eigenvalue weighted by Gasteiger charge is 2.36. The SMILES string of the molecule is C[C@]1(O)C[C@H](CI)O[C@@H](c2ccc(F)cc2)C1. The minimum atomic E-state index is -0.701. The molecule has 1 heterocycles. The Labute approximate surface area is 114 Å². The van der Waals surface area contributed by atoms with Crippen molar-refractivity contribution in [3.63, 3.8) is 0 Å². The van der Waals surface area contributed by atoms with Gasteiger partial charge in [0.1, 0.15) is 5.82 Å². The van der Waals surface area contributed by atoms with Gasteiger partial charge in [-0.3, -0.25) is 0 Å². The number of aliphatic hydroxyl groups is 1. The first-order valence-electron chi connectivity index (χ1n) is 5.69. The number of alkyl halides is 1. The lowest BCUT2D eigenvalue weighted by atomic mass is 9.87. The van der Waals surface area contributed by atoms with Crippen LogP contribution in [0.25, 0.3) is 0 Å². The summed E-state index contributed by atoms with van der Waals surface area (Å²) in [5.41, 5.74) is 0.230. The fourth-order valence-corrected chi connectivity index (χ4v) is 2.79. The molecule has 0 aliphatic carbocycles. The fraction of sp³-hybridized carbons (Fsp3) is 0.538. The van der Waals surface area contributed by atoms with Crippen molar-refractivity contribution in [3.05, 3.63) is 35.6 Å². The highest BCUT2D eigenvalue weighted by Crippen LogP contribution is 2.37. The van der Waals surface area contributed by atoms with E-state index in [9.17, 15) is 9.50 Å². The Balaban J connectivity index is 2.17. The van der Waals surface area contributed by atoms with E-state index in [2.05, 4.69) is 22.6 Å². The Morgan fingerprint density at radius 3 is 2.65 bits per heavy atom. The molecule has 1 aromatic carbocycles. The standard InChI is InChI=1S/C13H16FIO2/c1-13(16)6-11(8-15)17-12(7-13)9-2-4-10(14)5-3-9/h2-5,11-12,16H,6-8H2,1H3/t11-,12-,13+/m1/s1. The van der Waals surface area contributed by atoms with Crippen molar-refractivity contribution in [1.29, 1.82) is 0 Å². The normalized spacial score (nSPS) is 33.6. The lowest BCUT2D eigenvalue weighted by Gasteiger charge is -2.39. The van der Waals surface area contributed by atoms with Crippen LogP contribution in [0.3, 0.4) is 0 Å². The first kappa shape index (κ1) is 13.2. The topological polar surface area (TPSA) is 29.5 Å². The molecule has 1 fully saturated rings. The van der Waals surface area contributed by atoms with Gasteiger partial charge in [0.25, 0.3) is 0 Å². The lowest BCUT2D eigenvalue weighted by Crippen LogP contribution is -2.40. The van der Waals surface area contributed by atoms with Gasteiger partial charge < -0.3 is 9.84 Å². The van der Waals surface area contributed by atoms with E-state index in [0.717, 1.165) is 9.99 Å². The van der Waals surface area contributed by atoms with E-state index in [4.69, 9.17) is 4.74 Å². The summed E-state index contributed by atoms with van der Waals surface area (Å²) in [4.78, 5) is 0. The van der Waals surface area contributed by atoms with Crippen LogP contribution in [0.2, 0.25) is 0 Å². The van der Waals surface area contributed by atoms with Crippen LogP contribution in [0.15, 0.2) is 24.3 Å². The van der Waals surface area contributed by atoms with Gasteiger partial charge in [-0.15, -0.1) is 0 Å². The van der Waals surface area contributed by atoms with Gasteiger partial charge in [0.15, 0.2) is 0 Å². The molecule has 1 aliphatic rings. The molecular formula is C13H16FIO2. The number of halogens is 2. The Hall–Kier alpha value is -0.200. The van der Waals surface area contributed by atoms with Gasteiger partial charge in [0.2, 0.25) is 0 Å². The number of hydrogen-bond acceptors (Lipinski definition) is 2. The monoisotopic (exact) mass is 350 g/mol. The first-order chi connectivity index (χ1) is 8.00. The van der Waals surface area contributed by atoms with Crippen LogP contribution in [0.1, 0.15) is 31.4 Å². The molecule has 0 bridgehead atoms. The zero-order valence-corrected chi connectivity index (χ0v) is 11.9. The second kappa shape index (κ2) is 5.20. The molecule has 3 atom stereocenters. The predicted molar refractivity (Wildman–Crippen MR) is 72.8 cm³/mol. The van der Waals surface area contributed by atoms with E-state index in [0.29, 0.717) is 12.8 Å². The third-order valence-corrected chi connectivity index (χ3v) is 4.05. The van der Waals surface area contributed by atoms with E-state index in [-0.39, 0.29) is 18.0 Å². The second-order valence-corrected chi connectivity index (χ2v) is 5.74. The molecule has 0 saturated carbocycles. The summed E-state index contributed by atoms with van der Waals surface area (Å²) >= 11 is 2.26. The van der Waals surface area contributed by atoms with Crippen LogP contribution < -0.4 is 0 Å². The molecule has 1 N–H and O–H groups in total. The summed E-state index contributed by atoms with van der Waals surface area (Å²) in [5.74, 6) is -0.248. The van der Waals surface area contributed by atoms with Crippen LogP contribution in [-0.4, -0.2) is 21.2 Å². The van der Waals surface area contributed by atoms with Crippen LogP contribution >= 0.6 is 22.6 Å². The molecule has 0 unspecified atom stereocenters. The maximum absolute atomic E-state index is 12.9. The number of benzene rings is 1. The minimum absolute atomic E-state index is 0.0643. The lowest BCUT2D eigenvalue weighted by molar-refractivity contribution is -0.129. The molecule has 0 spiro atoms. The molecule has 0 radical (unpaired) electrons. The largest absolute Gasteiger partial charge is 0.390 e. The molecule has 1 aromatic rings. The van der Waals surface area contributed by atoms with Gasteiger partial charge in [-0.05, 0) is 24.6 Å². The predicted octanol–water partition coefficient (Wildman–Crippen LogP) is 3.23. The van der Waals surface area contributed by atoms with E-state index in [1.54, 1.807) is 12.1 Å². The van der Waals surface area contributed by atoms with Gasteiger partial charge in [0, 0.05) is 17.3 Å². The van der Waals surface area contributed by atoms with Crippen molar-refractivity contribution in [1.82, 2.24) is 0 Å². The summed E-state index contributed by atoms with van der Waals surface area (Å²) in [6.07, 6.45) is 1.15. The first-order valence-corrected chi connectivity index (χ1v) is 7.22. The third kappa shape index (κ3) is 3.39. The van der Waals surface area contributed by atoms with Gasteiger partial charge in [0.05, 0.1) is 17.8 Å². The molecule has 1 aliphatic heterocycles. The summed E-state index contributed by atoms with van der Waals surface area (Å²) < 4.78 is 19.6. The summed E-state index contributed by atoms with van der Waals surface area (Å²) in [5, 5.41) is 10.2. The molecule has 0 aromatic heterocycles. The molecule has 2 rings (SSSR count). The Morgan fingerprint density at radius 1 is 1.41 bits per heavy atom. The third-order valence-electron chi connectivity index (χ3n) is 3.06. The molecule has 0 amide bonds. The van der Waals surface area contributed by atoms with Crippen molar-refractivity contribution in [3.8, 4) is 0 Å². The fourth-order valence-electron chi connectivity index (χ4n) is 2.27. The molecule has 4 heteroatoms. The highest BCUT2D eigenvalue weighted by atomic mass is 127. The smallest absolute Gasteiger partial charge is 0.123 e. The molecular weight excluding hydrogens is 334 g/mol. The van der Waals surface area contributed by atoms with Crippen molar-refractivity contribution in [2.24, 2.45) is 0 Å². The van der Waals surface area contributed by atoms with E-state index in [1.165, 1.54) is 12.1 Å². The average molecular weight is 350 g/mol. The maximum Gasteiger partial charge on any atom is 0.123 e. The van der Waals surface area contributed by atoms with Crippen molar-refractivity contribution >= 4 is 22.6 Å². The summed E-state index contributed by atoms with van der Waals surface area (Å²) in [7, 11) is 0. The number of rotatable bonds is 2. The number of hydrogen-bond donors (Lipinski definition) is 1. The van der Waals surface area contributed by atoms with Crippen LogP contribution in [-0.2, 0) is 4.74 Å². The molecule has 1 saturated heterocycles. The van der Waals surface area contributed by atoms with Crippen LogP contribution in [0, 0.1) is 5.82 Å². The van der Waals surface area contributed by atoms with Crippen molar-refractivity contribution in [2.75, 3.05) is 4.43 Å². The van der Waals surface area contributed by atoms with Gasteiger partial charge in [-0.2, -0.15) is 0 Å². The average Bonchev–Trinajstić information content (AvgIpc) is 2.27. The van der Waals surface area contributed by atoms with Crippen molar-refractivity contribution < 1.29 is 14.2 Å². The van der Waals surface area contributed by atoms with Crippen LogP contribution in [0.5, 0.6) is 0 Å². The second-order valence-electron chi connectivity index (χ2n) is 4.86.